The molecule has 0 saturated carbocycles. The van der Waals surface area contributed by atoms with Crippen LogP contribution in [0.5, 0.6) is 0 Å². The first kappa shape index (κ1) is 8.80. The molecule has 2 nitrogen and oxygen atoms in total. The van der Waals surface area contributed by atoms with E-state index in [0.717, 1.165) is 0 Å². The summed E-state index contributed by atoms with van der Waals surface area (Å²) in [6.45, 7) is 0.116. The van der Waals surface area contributed by atoms with Gasteiger partial charge in [0.2, 0.25) is 0 Å². The maximum atomic E-state index is 11.9. The zero-order valence-electron chi connectivity index (χ0n) is 5.90. The molecule has 0 aromatic heterocycles. The van der Waals surface area contributed by atoms with Gasteiger partial charge in [0.25, 0.3) is 0 Å². The molecular formula is C6H10F3NO. The number of hydrogen-bond donors (Lipinski definition) is 1. The van der Waals surface area contributed by atoms with Gasteiger partial charge in [-0.25, -0.2) is 0 Å². The van der Waals surface area contributed by atoms with E-state index in [4.69, 9.17) is 5.73 Å². The van der Waals surface area contributed by atoms with Crippen LogP contribution in [0.15, 0.2) is 0 Å². The second-order valence-electron chi connectivity index (χ2n) is 2.69. The van der Waals surface area contributed by atoms with Crippen LogP contribution >= 0.6 is 0 Å². The average Bonchev–Trinajstić information content (AvgIpc) is 1.86. The molecule has 0 spiro atoms. The van der Waals surface area contributed by atoms with Crippen molar-refractivity contribution in [3.05, 3.63) is 0 Å². The van der Waals surface area contributed by atoms with Crippen molar-refractivity contribution in [1.29, 1.82) is 0 Å². The summed E-state index contributed by atoms with van der Waals surface area (Å²) in [6, 6.07) is -0.365. The molecule has 0 bridgehead atoms. The molecule has 0 aromatic carbocycles. The monoisotopic (exact) mass is 169 g/mol. The first-order valence-electron chi connectivity index (χ1n) is 3.44. The minimum atomic E-state index is -4.25. The highest BCUT2D eigenvalue weighted by molar-refractivity contribution is 4.78. The normalized spacial score (nSPS) is 33.8. The molecule has 1 fully saturated rings. The van der Waals surface area contributed by atoms with Crippen LogP contribution in [0.1, 0.15) is 12.8 Å². The van der Waals surface area contributed by atoms with Crippen LogP contribution in [0.3, 0.4) is 0 Å². The molecule has 0 unspecified atom stereocenters. The Kier molecular flexibility index (Phi) is 2.39. The van der Waals surface area contributed by atoms with Crippen molar-refractivity contribution in [1.82, 2.24) is 0 Å². The Morgan fingerprint density at radius 3 is 2.36 bits per heavy atom. The van der Waals surface area contributed by atoms with Gasteiger partial charge in [0.15, 0.2) is 6.10 Å². The van der Waals surface area contributed by atoms with E-state index in [1.54, 1.807) is 0 Å². The first-order chi connectivity index (χ1) is 5.00. The number of hydrogen-bond acceptors (Lipinski definition) is 2. The molecule has 0 aliphatic carbocycles. The van der Waals surface area contributed by atoms with Gasteiger partial charge >= 0.3 is 6.18 Å². The van der Waals surface area contributed by atoms with E-state index in [1.165, 1.54) is 0 Å². The molecule has 0 radical (unpaired) electrons. The van der Waals surface area contributed by atoms with Crippen LogP contribution in [-0.4, -0.2) is 24.9 Å². The third-order valence-electron chi connectivity index (χ3n) is 1.69. The standard InChI is InChI=1S/C6H10F3NO/c7-6(8,9)5-3-4(10)1-2-11-5/h4-5H,1-3,10H2/t4-,5-/m0/s1. The third-order valence-corrected chi connectivity index (χ3v) is 1.69. The van der Waals surface area contributed by atoms with Crippen LogP contribution in [0.2, 0.25) is 0 Å². The van der Waals surface area contributed by atoms with Crippen LogP contribution in [0.4, 0.5) is 13.2 Å². The minimum Gasteiger partial charge on any atom is -0.369 e. The van der Waals surface area contributed by atoms with Gasteiger partial charge in [-0.2, -0.15) is 13.2 Å². The lowest BCUT2D eigenvalue weighted by atomic mass is 10.0. The fourth-order valence-electron chi connectivity index (χ4n) is 1.05. The summed E-state index contributed by atoms with van der Waals surface area (Å²) in [6.07, 6.45) is -5.49. The van der Waals surface area contributed by atoms with Crippen LogP contribution < -0.4 is 5.73 Å². The third kappa shape index (κ3) is 2.34. The van der Waals surface area contributed by atoms with Crippen molar-refractivity contribution in [3.63, 3.8) is 0 Å². The van der Waals surface area contributed by atoms with Gasteiger partial charge < -0.3 is 10.5 Å². The molecular weight excluding hydrogens is 159 g/mol. The van der Waals surface area contributed by atoms with Gasteiger partial charge in [0.1, 0.15) is 0 Å². The highest BCUT2D eigenvalue weighted by Crippen LogP contribution is 2.28. The van der Waals surface area contributed by atoms with Gasteiger partial charge in [-0.05, 0) is 12.8 Å². The van der Waals surface area contributed by atoms with Crippen molar-refractivity contribution in [2.24, 2.45) is 5.73 Å². The largest absolute Gasteiger partial charge is 0.414 e. The van der Waals surface area contributed by atoms with Gasteiger partial charge in [0, 0.05) is 12.6 Å². The van der Waals surface area contributed by atoms with Gasteiger partial charge in [0.05, 0.1) is 0 Å². The van der Waals surface area contributed by atoms with Gasteiger partial charge in [-0.3, -0.25) is 0 Å². The fourth-order valence-corrected chi connectivity index (χ4v) is 1.05. The predicted octanol–water partition coefficient (Wildman–Crippen LogP) is 1.05. The van der Waals surface area contributed by atoms with E-state index >= 15 is 0 Å². The lowest BCUT2D eigenvalue weighted by Crippen LogP contribution is -2.42. The molecule has 5 heteroatoms. The van der Waals surface area contributed by atoms with E-state index in [-0.39, 0.29) is 19.1 Å². The smallest absolute Gasteiger partial charge is 0.369 e. The Bertz CT molecular complexity index is 136. The molecule has 2 atom stereocenters. The number of rotatable bonds is 0. The zero-order valence-corrected chi connectivity index (χ0v) is 5.90. The van der Waals surface area contributed by atoms with Crippen LogP contribution in [-0.2, 0) is 4.74 Å². The maximum absolute atomic E-state index is 11.9. The van der Waals surface area contributed by atoms with Crippen molar-refractivity contribution in [2.45, 2.75) is 31.2 Å². The molecule has 1 aliphatic rings. The van der Waals surface area contributed by atoms with Gasteiger partial charge in [-0.15, -0.1) is 0 Å². The van der Waals surface area contributed by atoms with Crippen molar-refractivity contribution in [3.8, 4) is 0 Å². The molecule has 2 N–H and O–H groups in total. The SMILES string of the molecule is N[C@H]1CCO[C@H](C(F)(F)F)C1. The average molecular weight is 169 g/mol. The lowest BCUT2D eigenvalue weighted by Gasteiger charge is -2.28. The second kappa shape index (κ2) is 2.98. The number of ether oxygens (including phenoxy) is 1. The van der Waals surface area contributed by atoms with E-state index in [2.05, 4.69) is 4.74 Å². The van der Waals surface area contributed by atoms with E-state index in [1.807, 2.05) is 0 Å². The summed E-state index contributed by atoms with van der Waals surface area (Å²) < 4.78 is 40.3. The summed E-state index contributed by atoms with van der Waals surface area (Å²) in [5, 5.41) is 0. The van der Waals surface area contributed by atoms with Crippen molar-refractivity contribution in [2.75, 3.05) is 6.61 Å². The minimum absolute atomic E-state index is 0.108. The molecule has 1 aliphatic heterocycles. The van der Waals surface area contributed by atoms with Crippen molar-refractivity contribution < 1.29 is 17.9 Å². The molecule has 0 aromatic rings. The number of nitrogens with two attached hydrogens (primary N) is 1. The van der Waals surface area contributed by atoms with Gasteiger partial charge in [-0.1, -0.05) is 0 Å². The quantitative estimate of drug-likeness (QED) is 0.588. The Hall–Kier alpha value is -0.290. The summed E-state index contributed by atoms with van der Waals surface area (Å²) in [5.41, 5.74) is 5.34. The predicted molar refractivity (Wildman–Crippen MR) is 33.0 cm³/mol. The fraction of sp³-hybridized carbons (Fsp3) is 1.00. The molecule has 66 valence electrons. The maximum Gasteiger partial charge on any atom is 0.414 e. The molecule has 1 heterocycles. The van der Waals surface area contributed by atoms with Crippen LogP contribution in [0, 0.1) is 0 Å². The Balaban J connectivity index is 2.46. The summed E-state index contributed by atoms with van der Waals surface area (Å²) >= 11 is 0. The highest BCUT2D eigenvalue weighted by atomic mass is 19.4. The summed E-state index contributed by atoms with van der Waals surface area (Å²) in [7, 11) is 0. The van der Waals surface area contributed by atoms with E-state index < -0.39 is 12.3 Å². The van der Waals surface area contributed by atoms with Crippen molar-refractivity contribution >= 4 is 0 Å². The molecule has 11 heavy (non-hydrogen) atoms. The topological polar surface area (TPSA) is 35.2 Å². The zero-order chi connectivity index (χ0) is 8.48. The molecule has 0 amide bonds. The van der Waals surface area contributed by atoms with Crippen LogP contribution in [0.25, 0.3) is 0 Å². The Morgan fingerprint density at radius 2 is 2.00 bits per heavy atom. The molecule has 1 rings (SSSR count). The summed E-state index contributed by atoms with van der Waals surface area (Å²) in [5.74, 6) is 0. The van der Waals surface area contributed by atoms with E-state index in [9.17, 15) is 13.2 Å². The number of alkyl halides is 3. The number of halogens is 3. The second-order valence-corrected chi connectivity index (χ2v) is 2.69. The lowest BCUT2D eigenvalue weighted by molar-refractivity contribution is -0.231. The van der Waals surface area contributed by atoms with E-state index in [0.29, 0.717) is 6.42 Å². The Labute approximate surface area is 62.5 Å². The first-order valence-corrected chi connectivity index (χ1v) is 3.44. The Morgan fingerprint density at radius 1 is 1.36 bits per heavy atom. The molecule has 1 saturated heterocycles. The summed E-state index contributed by atoms with van der Waals surface area (Å²) in [4.78, 5) is 0. The highest BCUT2D eigenvalue weighted by Gasteiger charge is 2.42.